The minimum atomic E-state index is -0.727. The number of aliphatic carboxylic acids is 1. The summed E-state index contributed by atoms with van der Waals surface area (Å²) in [6.07, 6.45) is 2.32. The number of hydrogen-bond acceptors (Lipinski definition) is 3. The first-order valence-corrected chi connectivity index (χ1v) is 9.98. The van der Waals surface area contributed by atoms with Gasteiger partial charge < -0.3 is 14.7 Å². The highest BCUT2D eigenvalue weighted by molar-refractivity contribution is 5.79. The van der Waals surface area contributed by atoms with Crippen LogP contribution in [0.1, 0.15) is 42.7 Å². The third-order valence-corrected chi connectivity index (χ3v) is 5.90. The first-order valence-electron chi connectivity index (χ1n) is 9.98. The largest absolute Gasteiger partial charge is 0.481 e. The maximum absolute atomic E-state index is 12.6. The summed E-state index contributed by atoms with van der Waals surface area (Å²) in [4.78, 5) is 25.6. The lowest BCUT2D eigenvalue weighted by Gasteiger charge is -2.26. The number of benzene rings is 2. The van der Waals surface area contributed by atoms with Crippen LogP contribution in [0, 0.1) is 5.92 Å². The molecule has 1 heterocycles. The van der Waals surface area contributed by atoms with Crippen molar-refractivity contribution in [3.63, 3.8) is 0 Å². The molecule has 1 fully saturated rings. The molecular formula is C23H25NO4. The minimum absolute atomic E-state index is 0.0579. The average Bonchev–Trinajstić information content (AvgIpc) is 3.00. The molecule has 146 valence electrons. The highest BCUT2D eigenvalue weighted by Crippen LogP contribution is 2.44. The van der Waals surface area contributed by atoms with Crippen molar-refractivity contribution in [2.75, 3.05) is 19.7 Å². The predicted molar refractivity (Wildman–Crippen MR) is 106 cm³/mol. The van der Waals surface area contributed by atoms with Crippen LogP contribution in [0.25, 0.3) is 11.1 Å². The molecule has 4 rings (SSSR count). The lowest BCUT2D eigenvalue weighted by molar-refractivity contribution is -0.142. The molecule has 0 aromatic heterocycles. The summed E-state index contributed by atoms with van der Waals surface area (Å²) in [5.74, 6) is -0.957. The molecule has 1 N–H and O–H groups in total. The van der Waals surface area contributed by atoms with E-state index in [1.165, 1.54) is 22.3 Å². The zero-order chi connectivity index (χ0) is 19.5. The number of carboxylic acids is 1. The van der Waals surface area contributed by atoms with Crippen LogP contribution in [-0.2, 0) is 9.53 Å². The molecule has 0 unspecified atom stereocenters. The summed E-state index contributed by atoms with van der Waals surface area (Å²) in [6.45, 7) is 1.43. The van der Waals surface area contributed by atoms with E-state index in [0.717, 1.165) is 0 Å². The zero-order valence-corrected chi connectivity index (χ0v) is 15.8. The van der Waals surface area contributed by atoms with Gasteiger partial charge in [-0.25, -0.2) is 4.79 Å². The van der Waals surface area contributed by atoms with Gasteiger partial charge in [-0.15, -0.1) is 0 Å². The van der Waals surface area contributed by atoms with E-state index in [-0.39, 0.29) is 17.9 Å². The number of nitrogens with zero attached hydrogens (tertiary/aromatic N) is 1. The first kappa shape index (κ1) is 18.5. The van der Waals surface area contributed by atoms with Crippen molar-refractivity contribution in [2.24, 2.45) is 5.92 Å². The molecule has 2 aliphatic rings. The van der Waals surface area contributed by atoms with Crippen molar-refractivity contribution in [1.82, 2.24) is 4.90 Å². The number of hydrogen-bond donors (Lipinski definition) is 1. The molecular weight excluding hydrogens is 354 g/mol. The lowest BCUT2D eigenvalue weighted by atomic mass is 9.96. The number of likely N-dealkylation sites (tertiary alicyclic amines) is 1. The van der Waals surface area contributed by atoms with E-state index in [2.05, 4.69) is 24.3 Å². The SMILES string of the molecule is O=C(O)C1CCCN(C(=O)OCC2c3ccccc3-c3ccccc32)CCC1. The van der Waals surface area contributed by atoms with Crippen molar-refractivity contribution in [3.05, 3.63) is 59.7 Å². The van der Waals surface area contributed by atoms with Gasteiger partial charge in [0.25, 0.3) is 0 Å². The summed E-state index contributed by atoms with van der Waals surface area (Å²) >= 11 is 0. The fourth-order valence-electron chi connectivity index (χ4n) is 4.43. The van der Waals surface area contributed by atoms with Crippen LogP contribution < -0.4 is 0 Å². The van der Waals surface area contributed by atoms with Crippen LogP contribution in [0.2, 0.25) is 0 Å². The van der Waals surface area contributed by atoms with Gasteiger partial charge in [-0.05, 0) is 47.9 Å². The van der Waals surface area contributed by atoms with E-state index in [0.29, 0.717) is 45.4 Å². The fraction of sp³-hybridized carbons (Fsp3) is 0.391. The Morgan fingerprint density at radius 3 is 2.00 bits per heavy atom. The number of fused-ring (bicyclic) bond motifs is 3. The molecule has 28 heavy (non-hydrogen) atoms. The van der Waals surface area contributed by atoms with Gasteiger partial charge in [0.05, 0.1) is 5.92 Å². The van der Waals surface area contributed by atoms with Crippen LogP contribution in [0.3, 0.4) is 0 Å². The van der Waals surface area contributed by atoms with E-state index in [1.807, 2.05) is 24.3 Å². The molecule has 1 aliphatic carbocycles. The molecule has 1 aliphatic heterocycles. The van der Waals surface area contributed by atoms with Crippen LogP contribution >= 0.6 is 0 Å². The van der Waals surface area contributed by atoms with E-state index in [1.54, 1.807) is 4.90 Å². The Morgan fingerprint density at radius 2 is 1.46 bits per heavy atom. The van der Waals surface area contributed by atoms with Crippen molar-refractivity contribution in [3.8, 4) is 11.1 Å². The highest BCUT2D eigenvalue weighted by atomic mass is 16.6. The van der Waals surface area contributed by atoms with Gasteiger partial charge in [-0.3, -0.25) is 4.79 Å². The quantitative estimate of drug-likeness (QED) is 0.852. The lowest BCUT2D eigenvalue weighted by Crippen LogP contribution is -2.36. The average molecular weight is 379 g/mol. The molecule has 5 heteroatoms. The summed E-state index contributed by atoms with van der Waals surface area (Å²) in [7, 11) is 0. The standard InChI is InChI=1S/C23H25NO4/c25-22(26)16-7-5-13-24(14-6-8-16)23(27)28-15-21-19-11-3-1-9-17(19)18-10-2-4-12-20(18)21/h1-4,9-12,16,21H,5-8,13-15H2,(H,25,26). The van der Waals surface area contributed by atoms with Crippen molar-refractivity contribution in [2.45, 2.75) is 31.6 Å². The van der Waals surface area contributed by atoms with Gasteiger partial charge in [-0.1, -0.05) is 48.5 Å². The number of carbonyl (C=O) groups excluding carboxylic acids is 1. The van der Waals surface area contributed by atoms with Crippen LogP contribution in [0.15, 0.2) is 48.5 Å². The zero-order valence-electron chi connectivity index (χ0n) is 15.8. The third-order valence-electron chi connectivity index (χ3n) is 5.90. The molecule has 5 nitrogen and oxygen atoms in total. The Bertz CT molecular complexity index is 823. The molecule has 0 saturated carbocycles. The molecule has 1 amide bonds. The predicted octanol–water partition coefficient (Wildman–Crippen LogP) is 4.51. The highest BCUT2D eigenvalue weighted by Gasteiger charge is 2.30. The molecule has 2 aromatic carbocycles. The normalized spacial score (nSPS) is 17.4. The Labute approximate surface area is 164 Å². The fourth-order valence-corrected chi connectivity index (χ4v) is 4.43. The van der Waals surface area contributed by atoms with Crippen LogP contribution in [-0.4, -0.2) is 41.8 Å². The van der Waals surface area contributed by atoms with E-state index in [9.17, 15) is 14.7 Å². The van der Waals surface area contributed by atoms with Crippen LogP contribution in [0.4, 0.5) is 4.79 Å². The minimum Gasteiger partial charge on any atom is -0.481 e. The maximum atomic E-state index is 12.6. The molecule has 0 bridgehead atoms. The van der Waals surface area contributed by atoms with Gasteiger partial charge >= 0.3 is 12.1 Å². The Kier molecular flexibility index (Phi) is 5.33. The van der Waals surface area contributed by atoms with Crippen molar-refractivity contribution in [1.29, 1.82) is 0 Å². The smallest absolute Gasteiger partial charge is 0.409 e. The second-order valence-corrected chi connectivity index (χ2v) is 7.61. The third kappa shape index (κ3) is 3.61. The second kappa shape index (κ2) is 8.05. The van der Waals surface area contributed by atoms with E-state index < -0.39 is 5.97 Å². The van der Waals surface area contributed by atoms with Gasteiger partial charge in [-0.2, -0.15) is 0 Å². The summed E-state index contributed by atoms with van der Waals surface area (Å²) in [5.41, 5.74) is 4.83. The van der Waals surface area contributed by atoms with Crippen molar-refractivity contribution < 1.29 is 19.4 Å². The Balaban J connectivity index is 1.41. The molecule has 2 aromatic rings. The van der Waals surface area contributed by atoms with Gasteiger partial charge in [0.1, 0.15) is 6.61 Å². The van der Waals surface area contributed by atoms with E-state index in [4.69, 9.17) is 4.74 Å². The van der Waals surface area contributed by atoms with Crippen molar-refractivity contribution >= 4 is 12.1 Å². The Hall–Kier alpha value is -2.82. The molecule has 0 spiro atoms. The number of rotatable bonds is 3. The second-order valence-electron chi connectivity index (χ2n) is 7.61. The number of carbonyl (C=O) groups is 2. The van der Waals surface area contributed by atoms with Gasteiger partial charge in [0, 0.05) is 19.0 Å². The van der Waals surface area contributed by atoms with Crippen LogP contribution in [0.5, 0.6) is 0 Å². The van der Waals surface area contributed by atoms with Gasteiger partial charge in [0.15, 0.2) is 0 Å². The topological polar surface area (TPSA) is 66.8 Å². The molecule has 1 saturated heterocycles. The monoisotopic (exact) mass is 379 g/mol. The number of amides is 1. The summed E-state index contributed by atoms with van der Waals surface area (Å²) in [5, 5.41) is 9.19. The number of carboxylic acid groups (broad SMARTS) is 1. The first-order chi connectivity index (χ1) is 13.6. The summed E-state index contributed by atoms with van der Waals surface area (Å²) in [6, 6.07) is 16.6. The number of ether oxygens (including phenoxy) is 1. The maximum Gasteiger partial charge on any atom is 0.409 e. The summed E-state index contributed by atoms with van der Waals surface area (Å²) < 4.78 is 5.72. The molecule has 0 radical (unpaired) electrons. The van der Waals surface area contributed by atoms with E-state index >= 15 is 0 Å². The molecule has 0 atom stereocenters. The van der Waals surface area contributed by atoms with Gasteiger partial charge in [0.2, 0.25) is 0 Å². The Morgan fingerprint density at radius 1 is 0.929 bits per heavy atom.